The number of carbonyl (C=O) groups excluding carboxylic acids is 3. The Morgan fingerprint density at radius 1 is 1.16 bits per heavy atom. The molecule has 3 aromatic rings. The van der Waals surface area contributed by atoms with Crippen LogP contribution in [0.2, 0.25) is 0 Å². The maximum atomic E-state index is 12.4. The molecule has 1 aliphatic rings. The number of fused-ring (bicyclic) bond motifs is 1. The molecular weight excluding hydrogens is 406 g/mol. The van der Waals surface area contributed by atoms with Gasteiger partial charge in [-0.05, 0) is 41.2 Å². The number of benzene rings is 2. The fourth-order valence-electron chi connectivity index (χ4n) is 4.04. The van der Waals surface area contributed by atoms with Crippen LogP contribution in [0.1, 0.15) is 55.3 Å². The Balaban J connectivity index is 1.42. The van der Waals surface area contributed by atoms with Gasteiger partial charge in [0.2, 0.25) is 17.7 Å². The minimum Gasteiger partial charge on any atom is -0.494 e. The first-order valence-corrected chi connectivity index (χ1v) is 10.8. The van der Waals surface area contributed by atoms with Crippen molar-refractivity contribution in [2.75, 3.05) is 0 Å². The molecule has 1 atom stereocenters. The van der Waals surface area contributed by atoms with Crippen molar-refractivity contribution in [1.82, 2.24) is 15.2 Å². The largest absolute Gasteiger partial charge is 0.494 e. The molecule has 166 valence electrons. The normalized spacial score (nSPS) is 16.4. The number of aromatic hydroxyl groups is 1. The lowest BCUT2D eigenvalue weighted by atomic mass is 10.0. The molecule has 7 heteroatoms. The highest BCUT2D eigenvalue weighted by molar-refractivity contribution is 6.00. The van der Waals surface area contributed by atoms with Crippen LogP contribution in [0.25, 0.3) is 10.8 Å². The van der Waals surface area contributed by atoms with Crippen LogP contribution >= 0.6 is 0 Å². The van der Waals surface area contributed by atoms with E-state index in [1.54, 1.807) is 12.3 Å². The van der Waals surface area contributed by atoms with Crippen molar-refractivity contribution in [3.8, 4) is 5.88 Å². The summed E-state index contributed by atoms with van der Waals surface area (Å²) in [6.07, 6.45) is 2.61. The lowest BCUT2D eigenvalue weighted by Crippen LogP contribution is -2.41. The van der Waals surface area contributed by atoms with Crippen molar-refractivity contribution in [2.45, 2.75) is 51.6 Å². The second-order valence-corrected chi connectivity index (χ2v) is 8.60. The molecule has 1 saturated heterocycles. The Morgan fingerprint density at radius 2 is 1.88 bits per heavy atom. The Hall–Kier alpha value is -3.61. The fourth-order valence-corrected chi connectivity index (χ4v) is 4.04. The van der Waals surface area contributed by atoms with Crippen molar-refractivity contribution in [3.63, 3.8) is 0 Å². The number of nitrogens with zero attached hydrogens (tertiary/aromatic N) is 1. The summed E-state index contributed by atoms with van der Waals surface area (Å²) in [6.45, 7) is 4.64. The smallest absolute Gasteiger partial charge is 0.249 e. The van der Waals surface area contributed by atoms with Gasteiger partial charge in [0.25, 0.3) is 0 Å². The minimum absolute atomic E-state index is 0.00470. The van der Waals surface area contributed by atoms with Gasteiger partial charge in [-0.25, -0.2) is 0 Å². The average molecular weight is 434 g/mol. The lowest BCUT2D eigenvalue weighted by Gasteiger charge is -2.22. The zero-order valence-electron chi connectivity index (χ0n) is 18.2. The van der Waals surface area contributed by atoms with Crippen molar-refractivity contribution < 1.29 is 19.5 Å². The Kier molecular flexibility index (Phi) is 5.99. The van der Waals surface area contributed by atoms with Crippen LogP contribution < -0.4 is 10.6 Å². The number of amides is 3. The molecule has 0 aliphatic carbocycles. The van der Waals surface area contributed by atoms with Crippen molar-refractivity contribution in [3.05, 3.63) is 65.4 Å². The van der Waals surface area contributed by atoms with Crippen molar-refractivity contribution in [1.29, 1.82) is 0 Å². The zero-order chi connectivity index (χ0) is 22.8. The van der Waals surface area contributed by atoms with Crippen LogP contribution in [0.3, 0.4) is 0 Å². The molecule has 0 radical (unpaired) electrons. The summed E-state index contributed by atoms with van der Waals surface area (Å²) in [5.74, 6) is -0.319. The molecule has 7 nitrogen and oxygen atoms in total. The van der Waals surface area contributed by atoms with Crippen LogP contribution in [0.5, 0.6) is 5.88 Å². The van der Waals surface area contributed by atoms with E-state index in [0.717, 1.165) is 16.5 Å². The van der Waals surface area contributed by atoms with Crippen LogP contribution in [0.4, 0.5) is 0 Å². The standard InChI is InChI=1S/C25H27N3O4/c1-15(2)18-6-3-16(4-7-18)12-23(30)26-13-17-5-8-20-19(11-17)14-28(25(20)32)21-9-10-22(29)27-24(21)31/h3-8,11,14-15,21,32H,9-10,12-13H2,1-2H3,(H,26,30)(H,27,29,31). The summed E-state index contributed by atoms with van der Waals surface area (Å²) in [6, 6.07) is 13.0. The first-order valence-electron chi connectivity index (χ1n) is 10.8. The molecule has 32 heavy (non-hydrogen) atoms. The molecule has 4 rings (SSSR count). The topological polar surface area (TPSA) is 100 Å². The molecule has 3 amide bonds. The van der Waals surface area contributed by atoms with Gasteiger partial charge >= 0.3 is 0 Å². The molecule has 0 saturated carbocycles. The van der Waals surface area contributed by atoms with Crippen molar-refractivity contribution in [2.24, 2.45) is 0 Å². The molecule has 1 aromatic heterocycles. The van der Waals surface area contributed by atoms with Gasteiger partial charge in [0.05, 0.1) is 6.42 Å². The number of imide groups is 1. The van der Waals surface area contributed by atoms with E-state index < -0.39 is 11.9 Å². The quantitative estimate of drug-likeness (QED) is 0.519. The van der Waals surface area contributed by atoms with Crippen LogP contribution in [0, 0.1) is 0 Å². The van der Waals surface area contributed by atoms with Crippen LogP contribution in [-0.2, 0) is 27.3 Å². The summed E-state index contributed by atoms with van der Waals surface area (Å²) in [5.41, 5.74) is 3.10. The first-order chi connectivity index (χ1) is 15.3. The molecule has 0 bridgehead atoms. The van der Waals surface area contributed by atoms with E-state index in [2.05, 4.69) is 36.6 Å². The van der Waals surface area contributed by atoms with Gasteiger partial charge in [-0.1, -0.05) is 44.2 Å². The Morgan fingerprint density at radius 3 is 2.56 bits per heavy atom. The number of hydrogen-bond acceptors (Lipinski definition) is 4. The second-order valence-electron chi connectivity index (χ2n) is 8.60. The number of rotatable bonds is 6. The Labute approximate surface area is 186 Å². The Bertz CT molecular complexity index is 1180. The second kappa shape index (κ2) is 8.86. The summed E-state index contributed by atoms with van der Waals surface area (Å²) in [7, 11) is 0. The predicted molar refractivity (Wildman–Crippen MR) is 121 cm³/mol. The van der Waals surface area contributed by atoms with Gasteiger partial charge in [0, 0.05) is 29.9 Å². The molecule has 1 unspecified atom stereocenters. The van der Waals surface area contributed by atoms with Gasteiger partial charge in [-0.2, -0.15) is 0 Å². The lowest BCUT2D eigenvalue weighted by molar-refractivity contribution is -0.135. The molecule has 1 aliphatic heterocycles. The SMILES string of the molecule is CC(C)c1ccc(CC(=O)NCc2ccc3c(O)n(C4CCC(=O)NC4=O)cc3c2)cc1. The third kappa shape index (κ3) is 4.51. The summed E-state index contributed by atoms with van der Waals surface area (Å²) < 4.78 is 1.51. The van der Waals surface area contributed by atoms with E-state index in [0.29, 0.717) is 30.7 Å². The first kappa shape index (κ1) is 21.6. The number of nitrogens with one attached hydrogen (secondary N) is 2. The summed E-state index contributed by atoms with van der Waals surface area (Å²) in [4.78, 5) is 35.9. The molecular formula is C25H27N3O4. The van der Waals surface area contributed by atoms with Gasteiger partial charge in [-0.3, -0.25) is 19.7 Å². The average Bonchev–Trinajstić information content (AvgIpc) is 3.08. The van der Waals surface area contributed by atoms with Gasteiger partial charge in [0.15, 0.2) is 5.88 Å². The van der Waals surface area contributed by atoms with E-state index in [9.17, 15) is 19.5 Å². The number of hydrogen-bond donors (Lipinski definition) is 3. The predicted octanol–water partition coefficient (Wildman–Crippen LogP) is 3.31. The van der Waals surface area contributed by atoms with Crippen LogP contribution in [-0.4, -0.2) is 27.4 Å². The molecule has 0 spiro atoms. The molecule has 2 aromatic carbocycles. The summed E-state index contributed by atoms with van der Waals surface area (Å²) in [5, 5.41) is 17.2. The highest BCUT2D eigenvalue weighted by atomic mass is 16.3. The number of carbonyl (C=O) groups is 3. The maximum Gasteiger partial charge on any atom is 0.249 e. The van der Waals surface area contributed by atoms with Crippen LogP contribution in [0.15, 0.2) is 48.7 Å². The van der Waals surface area contributed by atoms with E-state index in [1.807, 2.05) is 24.3 Å². The number of aromatic nitrogens is 1. The van der Waals surface area contributed by atoms with Gasteiger partial charge in [-0.15, -0.1) is 0 Å². The van der Waals surface area contributed by atoms with E-state index in [4.69, 9.17) is 0 Å². The molecule has 2 heterocycles. The molecule has 3 N–H and O–H groups in total. The van der Waals surface area contributed by atoms with E-state index in [1.165, 1.54) is 10.1 Å². The zero-order valence-corrected chi connectivity index (χ0v) is 18.2. The minimum atomic E-state index is -0.620. The third-order valence-electron chi connectivity index (χ3n) is 5.93. The fraction of sp³-hybridized carbons (Fsp3) is 0.320. The van der Waals surface area contributed by atoms with Crippen molar-refractivity contribution >= 4 is 28.5 Å². The van der Waals surface area contributed by atoms with Gasteiger partial charge < -0.3 is 15.0 Å². The highest BCUT2D eigenvalue weighted by Crippen LogP contribution is 2.33. The monoisotopic (exact) mass is 433 g/mol. The number of piperidine rings is 1. The summed E-state index contributed by atoms with van der Waals surface area (Å²) >= 11 is 0. The highest BCUT2D eigenvalue weighted by Gasteiger charge is 2.30. The third-order valence-corrected chi connectivity index (χ3v) is 5.93. The van der Waals surface area contributed by atoms with E-state index in [-0.39, 0.29) is 24.1 Å². The van der Waals surface area contributed by atoms with E-state index >= 15 is 0 Å². The maximum absolute atomic E-state index is 12.4. The van der Waals surface area contributed by atoms with Gasteiger partial charge in [0.1, 0.15) is 6.04 Å². The molecule has 1 fully saturated rings.